The number of hydrogen-bond donors (Lipinski definition) is 0. The molecule has 0 aromatic carbocycles. The zero-order chi connectivity index (χ0) is 12.2. The summed E-state index contributed by atoms with van der Waals surface area (Å²) in [4.78, 5) is 13.4. The molecule has 0 heterocycles. The van der Waals surface area contributed by atoms with Crippen molar-refractivity contribution < 1.29 is 14.3 Å². The average molecular weight is 228 g/mol. The van der Waals surface area contributed by atoms with Crippen LogP contribution in [0.25, 0.3) is 0 Å². The molecule has 0 aliphatic carbocycles. The molecule has 0 fully saturated rings. The second-order valence-electron chi connectivity index (χ2n) is 3.23. The molecule has 16 heavy (non-hydrogen) atoms. The summed E-state index contributed by atoms with van der Waals surface area (Å²) < 4.78 is 10.0. The Kier molecular flexibility index (Phi) is 9.67. The first-order valence-corrected chi connectivity index (χ1v) is 5.47. The standard InChI is InChI=1S/C11H20N2O3/c1-3-16-9-5-11(14)13(7-4-6-12)8-10-15-2/h3-5,7-10H2,1-2H3. The first kappa shape index (κ1) is 14.9. The largest absolute Gasteiger partial charge is 0.383 e. The SMILES string of the molecule is CCOCCC(=O)N(CCC#N)CCOC. The van der Waals surface area contributed by atoms with Gasteiger partial charge in [0.25, 0.3) is 0 Å². The topological polar surface area (TPSA) is 62.6 Å². The second-order valence-corrected chi connectivity index (χ2v) is 3.23. The van der Waals surface area contributed by atoms with Gasteiger partial charge in [-0.15, -0.1) is 0 Å². The molecule has 0 atom stereocenters. The maximum Gasteiger partial charge on any atom is 0.224 e. The van der Waals surface area contributed by atoms with E-state index in [1.54, 1.807) is 12.0 Å². The molecule has 5 nitrogen and oxygen atoms in total. The summed E-state index contributed by atoms with van der Waals surface area (Å²) in [5.74, 6) is 0.0146. The van der Waals surface area contributed by atoms with E-state index in [0.29, 0.717) is 45.8 Å². The summed E-state index contributed by atoms with van der Waals surface area (Å²) in [5.41, 5.74) is 0. The van der Waals surface area contributed by atoms with Gasteiger partial charge >= 0.3 is 0 Å². The van der Waals surface area contributed by atoms with E-state index in [1.165, 1.54) is 0 Å². The zero-order valence-electron chi connectivity index (χ0n) is 10.1. The number of rotatable bonds is 9. The van der Waals surface area contributed by atoms with Gasteiger partial charge < -0.3 is 14.4 Å². The lowest BCUT2D eigenvalue weighted by Gasteiger charge is -2.21. The van der Waals surface area contributed by atoms with Gasteiger partial charge in [-0.3, -0.25) is 4.79 Å². The number of methoxy groups -OCH3 is 1. The third kappa shape index (κ3) is 7.21. The average Bonchev–Trinajstić information content (AvgIpc) is 2.29. The number of nitriles is 1. The highest BCUT2D eigenvalue weighted by atomic mass is 16.5. The van der Waals surface area contributed by atoms with Crippen molar-refractivity contribution in [3.05, 3.63) is 0 Å². The first-order chi connectivity index (χ1) is 7.76. The van der Waals surface area contributed by atoms with Crippen LogP contribution in [0.5, 0.6) is 0 Å². The lowest BCUT2D eigenvalue weighted by Crippen LogP contribution is -2.35. The first-order valence-electron chi connectivity index (χ1n) is 5.47. The Labute approximate surface area is 96.9 Å². The van der Waals surface area contributed by atoms with Crippen LogP contribution < -0.4 is 0 Å². The maximum absolute atomic E-state index is 11.7. The summed E-state index contributed by atoms with van der Waals surface area (Å²) >= 11 is 0. The molecule has 0 aliphatic rings. The molecule has 0 radical (unpaired) electrons. The van der Waals surface area contributed by atoms with Crippen molar-refractivity contribution >= 4 is 5.91 Å². The van der Waals surface area contributed by atoms with Crippen LogP contribution in [-0.4, -0.2) is 50.8 Å². The summed E-state index contributed by atoms with van der Waals surface area (Å²) in [5, 5.41) is 8.49. The van der Waals surface area contributed by atoms with Crippen molar-refractivity contribution in [2.24, 2.45) is 0 Å². The van der Waals surface area contributed by atoms with Crippen LogP contribution in [0.1, 0.15) is 19.8 Å². The molecule has 92 valence electrons. The van der Waals surface area contributed by atoms with Crippen molar-refractivity contribution in [1.82, 2.24) is 4.90 Å². The van der Waals surface area contributed by atoms with Crippen LogP contribution in [-0.2, 0) is 14.3 Å². The molecule has 0 aromatic rings. The molecule has 0 bridgehead atoms. The van der Waals surface area contributed by atoms with Gasteiger partial charge in [-0.2, -0.15) is 5.26 Å². The molecule has 5 heteroatoms. The van der Waals surface area contributed by atoms with Crippen molar-refractivity contribution in [2.45, 2.75) is 19.8 Å². The number of nitrogens with zero attached hydrogens (tertiary/aromatic N) is 2. The van der Waals surface area contributed by atoms with Crippen molar-refractivity contribution in [3.63, 3.8) is 0 Å². The van der Waals surface area contributed by atoms with Crippen molar-refractivity contribution in [1.29, 1.82) is 5.26 Å². The van der Waals surface area contributed by atoms with Crippen molar-refractivity contribution in [3.8, 4) is 6.07 Å². The lowest BCUT2D eigenvalue weighted by atomic mass is 10.3. The van der Waals surface area contributed by atoms with Crippen LogP contribution in [0.2, 0.25) is 0 Å². The van der Waals surface area contributed by atoms with Crippen LogP contribution in [0.15, 0.2) is 0 Å². The van der Waals surface area contributed by atoms with E-state index in [9.17, 15) is 4.79 Å². The monoisotopic (exact) mass is 228 g/mol. The molecule has 0 unspecified atom stereocenters. The van der Waals surface area contributed by atoms with E-state index in [1.807, 2.05) is 13.0 Å². The molecular formula is C11H20N2O3. The van der Waals surface area contributed by atoms with E-state index in [2.05, 4.69) is 0 Å². The minimum absolute atomic E-state index is 0.0146. The Bertz CT molecular complexity index is 226. The molecule has 0 saturated carbocycles. The Morgan fingerprint density at radius 3 is 2.69 bits per heavy atom. The van der Waals surface area contributed by atoms with Gasteiger partial charge in [0, 0.05) is 26.8 Å². The van der Waals surface area contributed by atoms with Crippen LogP contribution in [0, 0.1) is 11.3 Å². The third-order valence-corrected chi connectivity index (χ3v) is 2.08. The fourth-order valence-electron chi connectivity index (χ4n) is 1.21. The van der Waals surface area contributed by atoms with Crippen LogP contribution >= 0.6 is 0 Å². The van der Waals surface area contributed by atoms with E-state index in [4.69, 9.17) is 14.7 Å². The number of carbonyl (C=O) groups is 1. The molecule has 0 spiro atoms. The fraction of sp³-hybridized carbons (Fsp3) is 0.818. The van der Waals surface area contributed by atoms with Crippen LogP contribution in [0.3, 0.4) is 0 Å². The smallest absolute Gasteiger partial charge is 0.224 e. The highest BCUT2D eigenvalue weighted by Crippen LogP contribution is 1.97. The molecule has 0 rings (SSSR count). The Hall–Kier alpha value is -1.12. The number of ether oxygens (including phenoxy) is 2. The van der Waals surface area contributed by atoms with Gasteiger partial charge in [-0.05, 0) is 6.92 Å². The number of hydrogen-bond acceptors (Lipinski definition) is 4. The Balaban J connectivity index is 3.94. The van der Waals surface area contributed by atoms with E-state index in [-0.39, 0.29) is 5.91 Å². The van der Waals surface area contributed by atoms with Gasteiger partial charge in [0.2, 0.25) is 5.91 Å². The lowest BCUT2D eigenvalue weighted by molar-refractivity contribution is -0.132. The summed E-state index contributed by atoms with van der Waals surface area (Å²) in [6.45, 7) is 4.43. The summed E-state index contributed by atoms with van der Waals surface area (Å²) in [6.07, 6.45) is 0.715. The summed E-state index contributed by atoms with van der Waals surface area (Å²) in [6, 6.07) is 2.03. The minimum atomic E-state index is 0.0146. The molecule has 0 saturated heterocycles. The predicted octanol–water partition coefficient (Wildman–Crippen LogP) is 0.802. The number of amides is 1. The zero-order valence-corrected chi connectivity index (χ0v) is 10.1. The van der Waals surface area contributed by atoms with Gasteiger partial charge in [0.15, 0.2) is 0 Å². The van der Waals surface area contributed by atoms with E-state index < -0.39 is 0 Å². The molecule has 1 amide bonds. The Morgan fingerprint density at radius 2 is 2.12 bits per heavy atom. The molecule has 0 aromatic heterocycles. The molecular weight excluding hydrogens is 208 g/mol. The van der Waals surface area contributed by atoms with Crippen LogP contribution in [0.4, 0.5) is 0 Å². The summed E-state index contributed by atoms with van der Waals surface area (Å²) in [7, 11) is 1.59. The van der Waals surface area contributed by atoms with Crippen molar-refractivity contribution in [2.75, 3.05) is 40.0 Å². The number of carbonyl (C=O) groups excluding carboxylic acids is 1. The van der Waals surface area contributed by atoms with Gasteiger partial charge in [-0.25, -0.2) is 0 Å². The maximum atomic E-state index is 11.7. The van der Waals surface area contributed by atoms with Gasteiger partial charge in [0.1, 0.15) is 0 Å². The van der Waals surface area contributed by atoms with E-state index in [0.717, 1.165) is 0 Å². The molecule has 0 N–H and O–H groups in total. The van der Waals surface area contributed by atoms with E-state index >= 15 is 0 Å². The quantitative estimate of drug-likeness (QED) is 0.548. The van der Waals surface area contributed by atoms with Gasteiger partial charge in [0.05, 0.1) is 32.1 Å². The fourth-order valence-corrected chi connectivity index (χ4v) is 1.21. The predicted molar refractivity (Wildman–Crippen MR) is 59.8 cm³/mol. The highest BCUT2D eigenvalue weighted by molar-refractivity contribution is 5.76. The molecule has 0 aliphatic heterocycles. The minimum Gasteiger partial charge on any atom is -0.383 e. The van der Waals surface area contributed by atoms with Gasteiger partial charge in [-0.1, -0.05) is 0 Å². The highest BCUT2D eigenvalue weighted by Gasteiger charge is 2.12. The third-order valence-electron chi connectivity index (χ3n) is 2.08. The Morgan fingerprint density at radius 1 is 1.38 bits per heavy atom. The second kappa shape index (κ2) is 10.4. The normalized spacial score (nSPS) is 9.81.